The minimum atomic E-state index is -0.0931. The Hall–Kier alpha value is -2.21. The minimum Gasteiger partial charge on any atom is -0.345 e. The van der Waals surface area contributed by atoms with Crippen molar-refractivity contribution in [3.8, 4) is 0 Å². The fourth-order valence-electron chi connectivity index (χ4n) is 2.37. The third-order valence-corrected chi connectivity index (χ3v) is 4.64. The highest BCUT2D eigenvalue weighted by Gasteiger charge is 2.16. The number of nitrogens with one attached hydrogen (secondary N) is 2. The van der Waals surface area contributed by atoms with E-state index in [1.807, 2.05) is 39.0 Å². The molecule has 2 N–H and O–H groups in total. The molecular formula is C15H16N4OS. The maximum atomic E-state index is 12.4. The number of nitrogens with zero attached hydrogens (tertiary/aromatic N) is 2. The second-order valence-electron chi connectivity index (χ2n) is 5.05. The molecule has 0 aliphatic heterocycles. The number of benzene rings is 1. The Bertz CT molecular complexity index is 805. The van der Waals surface area contributed by atoms with Crippen LogP contribution in [0.2, 0.25) is 0 Å². The molecule has 3 rings (SSSR count). The summed E-state index contributed by atoms with van der Waals surface area (Å²) >= 11 is 1.62. The molecule has 0 saturated heterocycles. The summed E-state index contributed by atoms with van der Waals surface area (Å²) in [6.45, 7) is 5.92. The Kier molecular flexibility index (Phi) is 3.47. The van der Waals surface area contributed by atoms with E-state index in [4.69, 9.17) is 0 Å². The molecule has 0 radical (unpaired) electrons. The molecule has 0 aliphatic rings. The fourth-order valence-corrected chi connectivity index (χ4v) is 3.30. The molecule has 108 valence electrons. The number of carbonyl (C=O) groups is 1. The van der Waals surface area contributed by atoms with Gasteiger partial charge in [-0.05, 0) is 32.9 Å². The number of rotatable bonds is 3. The number of carbonyl (C=O) groups excluding carboxylic acids is 1. The van der Waals surface area contributed by atoms with Crippen LogP contribution in [0.25, 0.3) is 10.9 Å². The number of thiazole rings is 1. The maximum Gasteiger partial charge on any atom is 0.251 e. The molecule has 5 nitrogen and oxygen atoms in total. The maximum absolute atomic E-state index is 12.4. The van der Waals surface area contributed by atoms with Gasteiger partial charge < -0.3 is 5.32 Å². The van der Waals surface area contributed by atoms with Crippen molar-refractivity contribution in [2.45, 2.75) is 26.8 Å². The van der Waals surface area contributed by atoms with E-state index < -0.39 is 0 Å². The molecule has 1 aromatic carbocycles. The van der Waals surface area contributed by atoms with Crippen molar-refractivity contribution in [3.63, 3.8) is 0 Å². The van der Waals surface area contributed by atoms with E-state index in [1.165, 1.54) is 0 Å². The van der Waals surface area contributed by atoms with E-state index in [0.29, 0.717) is 5.56 Å². The van der Waals surface area contributed by atoms with Crippen LogP contribution in [0.5, 0.6) is 0 Å². The van der Waals surface area contributed by atoms with Crippen LogP contribution in [0.1, 0.15) is 38.9 Å². The van der Waals surface area contributed by atoms with Gasteiger partial charge in [-0.3, -0.25) is 9.89 Å². The van der Waals surface area contributed by atoms with E-state index in [9.17, 15) is 4.79 Å². The van der Waals surface area contributed by atoms with Crippen LogP contribution in [0.3, 0.4) is 0 Å². The van der Waals surface area contributed by atoms with Gasteiger partial charge in [0.15, 0.2) is 0 Å². The molecule has 21 heavy (non-hydrogen) atoms. The number of fused-ring (bicyclic) bond motifs is 1. The topological polar surface area (TPSA) is 70.7 Å². The first-order chi connectivity index (χ1) is 10.0. The lowest BCUT2D eigenvalue weighted by Gasteiger charge is -2.13. The number of amides is 1. The van der Waals surface area contributed by atoms with Crippen LogP contribution >= 0.6 is 11.3 Å². The van der Waals surface area contributed by atoms with Gasteiger partial charge in [-0.25, -0.2) is 4.98 Å². The first kappa shape index (κ1) is 13.8. The van der Waals surface area contributed by atoms with Gasteiger partial charge in [-0.15, -0.1) is 11.3 Å². The summed E-state index contributed by atoms with van der Waals surface area (Å²) in [4.78, 5) is 17.9. The zero-order valence-corrected chi connectivity index (χ0v) is 12.9. The summed E-state index contributed by atoms with van der Waals surface area (Å²) in [5.41, 5.74) is 2.46. The number of aromatic nitrogens is 3. The number of hydrogen-bond donors (Lipinski definition) is 2. The lowest BCUT2D eigenvalue weighted by molar-refractivity contribution is 0.0940. The van der Waals surface area contributed by atoms with Crippen LogP contribution in [-0.2, 0) is 0 Å². The summed E-state index contributed by atoms with van der Waals surface area (Å²) in [7, 11) is 0. The van der Waals surface area contributed by atoms with E-state index in [0.717, 1.165) is 26.5 Å². The van der Waals surface area contributed by atoms with Crippen LogP contribution in [-0.4, -0.2) is 21.1 Å². The third-order valence-electron chi connectivity index (χ3n) is 3.38. The SMILES string of the molecule is Cc1nc(C)c(C(C)NC(=O)c2ccc3cn[nH]c3c2)s1. The van der Waals surface area contributed by atoms with Crippen molar-refractivity contribution in [3.05, 3.63) is 45.5 Å². The van der Waals surface area contributed by atoms with Crippen molar-refractivity contribution in [1.82, 2.24) is 20.5 Å². The monoisotopic (exact) mass is 300 g/mol. The molecule has 1 atom stereocenters. The molecule has 0 saturated carbocycles. The normalized spacial score (nSPS) is 12.5. The third kappa shape index (κ3) is 2.67. The molecule has 0 aliphatic carbocycles. The predicted octanol–water partition coefficient (Wildman–Crippen LogP) is 3.13. The minimum absolute atomic E-state index is 0.0545. The first-order valence-electron chi connectivity index (χ1n) is 6.72. The Balaban J connectivity index is 1.80. The molecule has 1 unspecified atom stereocenters. The molecule has 1 amide bonds. The molecule has 2 heterocycles. The molecule has 0 bridgehead atoms. The molecule has 2 aromatic heterocycles. The number of H-pyrrole nitrogens is 1. The van der Waals surface area contributed by atoms with Gasteiger partial charge >= 0.3 is 0 Å². The van der Waals surface area contributed by atoms with Gasteiger partial charge in [0.05, 0.1) is 28.5 Å². The van der Waals surface area contributed by atoms with Crippen LogP contribution in [0.15, 0.2) is 24.4 Å². The molecule has 0 fully saturated rings. The number of hydrogen-bond acceptors (Lipinski definition) is 4. The highest BCUT2D eigenvalue weighted by Crippen LogP contribution is 2.24. The van der Waals surface area contributed by atoms with Gasteiger partial charge in [0.1, 0.15) is 0 Å². The standard InChI is InChI=1S/C15H16N4OS/c1-8-14(21-10(3)17-8)9(2)18-15(20)11-4-5-12-7-16-19-13(12)6-11/h4-7,9H,1-3H3,(H,16,19)(H,18,20). The number of aromatic amines is 1. The van der Waals surface area contributed by atoms with E-state index in [-0.39, 0.29) is 11.9 Å². The van der Waals surface area contributed by atoms with Crippen LogP contribution in [0.4, 0.5) is 0 Å². The van der Waals surface area contributed by atoms with Crippen molar-refractivity contribution < 1.29 is 4.79 Å². The Morgan fingerprint density at radius 2 is 2.19 bits per heavy atom. The summed E-state index contributed by atoms with van der Waals surface area (Å²) in [6.07, 6.45) is 1.74. The van der Waals surface area contributed by atoms with E-state index in [2.05, 4.69) is 20.5 Å². The lowest BCUT2D eigenvalue weighted by Crippen LogP contribution is -2.26. The van der Waals surface area contributed by atoms with Gasteiger partial charge in [0.2, 0.25) is 0 Å². The van der Waals surface area contributed by atoms with E-state index in [1.54, 1.807) is 17.5 Å². The first-order valence-corrected chi connectivity index (χ1v) is 7.54. The smallest absolute Gasteiger partial charge is 0.251 e. The van der Waals surface area contributed by atoms with Crippen molar-refractivity contribution in [1.29, 1.82) is 0 Å². The van der Waals surface area contributed by atoms with Crippen molar-refractivity contribution >= 4 is 28.1 Å². The van der Waals surface area contributed by atoms with Gasteiger partial charge in [0, 0.05) is 15.8 Å². The largest absolute Gasteiger partial charge is 0.345 e. The van der Waals surface area contributed by atoms with Crippen LogP contribution in [0, 0.1) is 13.8 Å². The number of aryl methyl sites for hydroxylation is 2. The highest BCUT2D eigenvalue weighted by atomic mass is 32.1. The summed E-state index contributed by atoms with van der Waals surface area (Å²) in [5.74, 6) is -0.0931. The lowest BCUT2D eigenvalue weighted by atomic mass is 10.1. The van der Waals surface area contributed by atoms with Crippen LogP contribution < -0.4 is 5.32 Å². The zero-order valence-electron chi connectivity index (χ0n) is 12.1. The second-order valence-corrected chi connectivity index (χ2v) is 6.28. The summed E-state index contributed by atoms with van der Waals surface area (Å²) in [6, 6.07) is 5.46. The molecular weight excluding hydrogens is 284 g/mol. The molecule has 3 aromatic rings. The van der Waals surface area contributed by atoms with Crippen molar-refractivity contribution in [2.75, 3.05) is 0 Å². The average molecular weight is 300 g/mol. The Morgan fingerprint density at radius 1 is 1.38 bits per heavy atom. The van der Waals surface area contributed by atoms with Gasteiger partial charge in [0.25, 0.3) is 5.91 Å². The Labute approximate surface area is 126 Å². The summed E-state index contributed by atoms with van der Waals surface area (Å²) < 4.78 is 0. The summed E-state index contributed by atoms with van der Waals surface area (Å²) in [5, 5.41) is 11.9. The predicted molar refractivity (Wildman–Crippen MR) is 83.6 cm³/mol. The second kappa shape index (κ2) is 5.29. The average Bonchev–Trinajstić information content (AvgIpc) is 3.03. The highest BCUT2D eigenvalue weighted by molar-refractivity contribution is 7.11. The van der Waals surface area contributed by atoms with E-state index >= 15 is 0 Å². The van der Waals surface area contributed by atoms with Gasteiger partial charge in [-0.1, -0.05) is 6.07 Å². The molecule has 0 spiro atoms. The molecule has 6 heteroatoms. The van der Waals surface area contributed by atoms with Crippen molar-refractivity contribution in [2.24, 2.45) is 0 Å². The fraction of sp³-hybridized carbons (Fsp3) is 0.267. The Morgan fingerprint density at radius 3 is 2.90 bits per heavy atom. The quantitative estimate of drug-likeness (QED) is 0.780. The zero-order chi connectivity index (χ0) is 15.0. The van der Waals surface area contributed by atoms with Gasteiger partial charge in [-0.2, -0.15) is 5.10 Å².